The minimum absolute atomic E-state index is 0. The van der Waals surface area contributed by atoms with Crippen molar-refractivity contribution in [2.45, 2.75) is 118 Å². The zero-order valence-corrected chi connectivity index (χ0v) is 27.3. The average molecular weight is 588 g/mol. The summed E-state index contributed by atoms with van der Waals surface area (Å²) >= 11 is 0. The van der Waals surface area contributed by atoms with Crippen molar-refractivity contribution in [3.05, 3.63) is 11.6 Å². The maximum absolute atomic E-state index is 12.4. The molecule has 1 unspecified atom stereocenters. The van der Waals surface area contributed by atoms with Crippen LogP contribution < -0.4 is 18.9 Å². The van der Waals surface area contributed by atoms with Crippen molar-refractivity contribution in [3.63, 3.8) is 0 Å². The fourth-order valence-electron chi connectivity index (χ4n) is 9.42. The van der Waals surface area contributed by atoms with E-state index in [1.807, 2.05) is 0 Å². The van der Waals surface area contributed by atoms with Gasteiger partial charge in [0, 0.05) is 6.42 Å². The van der Waals surface area contributed by atoms with Crippen molar-refractivity contribution in [2.75, 3.05) is 12.8 Å². The van der Waals surface area contributed by atoms with Crippen molar-refractivity contribution in [2.24, 2.45) is 46.3 Å². The van der Waals surface area contributed by atoms with E-state index in [9.17, 15) is 19.0 Å². The standard InChI is InChI=1S/C32H52O6P.Li.H2O/c1-22(2)7-6-8-23(3)27-11-12-28-26-10-9-24-21-25(38-30(34)15-20-39(35,36)37-19-18-33)13-16-31(24,4)29(26)14-17-32(27,28)5;;/h9,22-23,25-29H,6-8,10-17,19-21H2,1-5H3,(H,35,36);;1H2/q-1;+1;/p-1/t23-,25+,26+,27-,28+,29+,31+,32-;;/m1../s1. The largest absolute Gasteiger partial charge is 1.00 e. The molecule has 9 atom stereocenters. The normalized spacial score (nSPS) is 36.3. The molecule has 4 aliphatic rings. The SMILES string of the molecule is CC(C)CCC[C@@H](C)[C@H]1CC[C@H]2[C@@H]3CC=C4C[C@@H](OC(=O)CCP(=O)(O)OC[C-]=O)CC[C@]4(C)[C@H]3CC[C@]12C.[Li+].[OH-]. The summed E-state index contributed by atoms with van der Waals surface area (Å²) in [5, 5.41) is 0. The first-order valence-electron chi connectivity index (χ1n) is 15.6. The van der Waals surface area contributed by atoms with Crippen LogP contribution in [0.15, 0.2) is 11.6 Å². The van der Waals surface area contributed by atoms with Gasteiger partial charge in [0.2, 0.25) is 0 Å². The molecule has 0 aliphatic heterocycles. The molecule has 7 nitrogen and oxygen atoms in total. The van der Waals surface area contributed by atoms with E-state index in [-0.39, 0.29) is 48.4 Å². The average Bonchev–Trinajstić information content (AvgIpc) is 3.23. The second kappa shape index (κ2) is 15.0. The van der Waals surface area contributed by atoms with Crippen LogP contribution in [0.2, 0.25) is 0 Å². The van der Waals surface area contributed by atoms with E-state index in [1.165, 1.54) is 56.8 Å². The predicted octanol–water partition coefficient (Wildman–Crippen LogP) is 4.47. The number of fused-ring (bicyclic) bond motifs is 5. The number of carbonyl (C=O) groups excluding carboxylic acids is 2. The summed E-state index contributed by atoms with van der Waals surface area (Å²) in [5.74, 6) is 4.32. The zero-order valence-electron chi connectivity index (χ0n) is 26.4. The van der Waals surface area contributed by atoms with Crippen molar-refractivity contribution < 1.29 is 52.6 Å². The second-order valence-corrected chi connectivity index (χ2v) is 16.2. The first kappa shape index (κ1) is 36.8. The van der Waals surface area contributed by atoms with Crippen LogP contribution >= 0.6 is 7.60 Å². The van der Waals surface area contributed by atoms with Gasteiger partial charge in [0.15, 0.2) is 0 Å². The van der Waals surface area contributed by atoms with Gasteiger partial charge < -0.3 is 24.4 Å². The molecule has 2 N–H and O–H groups in total. The summed E-state index contributed by atoms with van der Waals surface area (Å²) in [6, 6.07) is 0. The topological polar surface area (TPSA) is 120 Å². The van der Waals surface area contributed by atoms with Crippen LogP contribution in [0.5, 0.6) is 0 Å². The van der Waals surface area contributed by atoms with E-state index in [0.717, 1.165) is 55.3 Å². The van der Waals surface area contributed by atoms with E-state index in [1.54, 1.807) is 0 Å². The molecule has 0 bridgehead atoms. The molecule has 4 aliphatic carbocycles. The van der Waals surface area contributed by atoms with Crippen molar-refractivity contribution in [1.82, 2.24) is 0 Å². The zero-order chi connectivity index (χ0) is 28.4. The van der Waals surface area contributed by atoms with Gasteiger partial charge in [-0.25, -0.2) is 6.29 Å². The first-order valence-corrected chi connectivity index (χ1v) is 17.4. The number of rotatable bonds is 12. The number of allylic oxidation sites excluding steroid dienone is 1. The van der Waals surface area contributed by atoms with Crippen molar-refractivity contribution in [1.29, 1.82) is 0 Å². The molecule has 230 valence electrons. The molecule has 0 aromatic rings. The van der Waals surface area contributed by atoms with Gasteiger partial charge in [-0.3, -0.25) is 9.36 Å². The van der Waals surface area contributed by atoms with E-state index >= 15 is 0 Å². The molecular weight excluding hydrogens is 534 g/mol. The molecule has 9 heteroatoms. The van der Waals surface area contributed by atoms with Crippen LogP contribution in [-0.4, -0.2) is 41.5 Å². The molecule has 0 radical (unpaired) electrons. The molecule has 41 heavy (non-hydrogen) atoms. The molecule has 0 amide bonds. The van der Waals surface area contributed by atoms with Gasteiger partial charge in [-0.05, 0) is 97.9 Å². The number of ether oxygens (including phenoxy) is 1. The number of esters is 1. The summed E-state index contributed by atoms with van der Waals surface area (Å²) in [6.45, 7) is 11.7. The monoisotopic (exact) mass is 587 g/mol. The fourth-order valence-corrected chi connectivity index (χ4v) is 10.3. The Bertz CT molecular complexity index is 970. The number of hydrogen-bond acceptors (Lipinski definition) is 6. The Hall–Kier alpha value is -0.413. The molecule has 0 aromatic carbocycles. The Kier molecular flexibility index (Phi) is 13.5. The Morgan fingerprint density at radius 1 is 1.12 bits per heavy atom. The maximum atomic E-state index is 12.4. The third-order valence-electron chi connectivity index (χ3n) is 11.5. The van der Waals surface area contributed by atoms with Gasteiger partial charge in [0.1, 0.15) is 6.10 Å². The van der Waals surface area contributed by atoms with Gasteiger partial charge in [0.05, 0.1) is 12.6 Å². The van der Waals surface area contributed by atoms with Crippen molar-refractivity contribution in [3.8, 4) is 0 Å². The summed E-state index contributed by atoms with van der Waals surface area (Å²) in [7, 11) is -3.98. The molecule has 3 fully saturated rings. The van der Waals surface area contributed by atoms with Gasteiger partial charge in [-0.2, -0.15) is 0 Å². The summed E-state index contributed by atoms with van der Waals surface area (Å²) < 4.78 is 22.3. The Labute approximate surface area is 260 Å². The van der Waals surface area contributed by atoms with Crippen LogP contribution in [0, 0.1) is 46.3 Å². The van der Waals surface area contributed by atoms with Crippen LogP contribution in [0.25, 0.3) is 0 Å². The maximum Gasteiger partial charge on any atom is 1.00 e. The second-order valence-electron chi connectivity index (χ2n) is 14.2. The minimum Gasteiger partial charge on any atom is -0.870 e. The molecular formula is C32H53LiO7P-. The first-order chi connectivity index (χ1) is 18.4. The predicted molar refractivity (Wildman–Crippen MR) is 156 cm³/mol. The van der Waals surface area contributed by atoms with Gasteiger partial charge in [-0.1, -0.05) is 65.5 Å². The quantitative estimate of drug-likeness (QED) is 0.118. The van der Waals surface area contributed by atoms with Crippen LogP contribution in [0.3, 0.4) is 0 Å². The van der Waals surface area contributed by atoms with Crippen LogP contribution in [0.1, 0.15) is 112 Å². The number of carbonyl (C=O) groups is 1. The summed E-state index contributed by atoms with van der Waals surface area (Å²) in [4.78, 5) is 32.4. The molecule has 3 saturated carbocycles. The van der Waals surface area contributed by atoms with E-state index in [2.05, 4.69) is 45.2 Å². The molecule has 0 aromatic heterocycles. The smallest absolute Gasteiger partial charge is 0.870 e. The minimum atomic E-state index is -3.98. The van der Waals surface area contributed by atoms with Gasteiger partial charge in [0.25, 0.3) is 0 Å². The number of hydrogen-bond donors (Lipinski definition) is 1. The van der Waals surface area contributed by atoms with Crippen LogP contribution in [-0.2, 0) is 23.4 Å². The molecule has 0 saturated heterocycles. The van der Waals surface area contributed by atoms with E-state index < -0.39 is 20.2 Å². The molecule has 0 spiro atoms. The Morgan fingerprint density at radius 2 is 1.85 bits per heavy atom. The Balaban J connectivity index is 0.00000294. The third-order valence-corrected chi connectivity index (χ3v) is 12.8. The van der Waals surface area contributed by atoms with Crippen molar-refractivity contribution >= 4 is 19.9 Å². The van der Waals surface area contributed by atoms with Gasteiger partial charge in [-0.15, -0.1) is 0 Å². The molecule has 4 rings (SSSR count). The fraction of sp³-hybridized carbons (Fsp3) is 0.875. The van der Waals surface area contributed by atoms with E-state index in [0.29, 0.717) is 11.3 Å². The van der Waals surface area contributed by atoms with Gasteiger partial charge >= 0.3 is 32.4 Å². The van der Waals surface area contributed by atoms with Crippen LogP contribution in [0.4, 0.5) is 0 Å². The summed E-state index contributed by atoms with van der Waals surface area (Å²) in [5.41, 5.74) is 2.13. The molecule has 0 heterocycles. The summed E-state index contributed by atoms with van der Waals surface area (Å²) in [6.07, 6.45) is 16.6. The van der Waals surface area contributed by atoms with E-state index in [4.69, 9.17) is 4.74 Å². The Morgan fingerprint density at radius 3 is 2.54 bits per heavy atom. The third kappa shape index (κ3) is 8.20.